The van der Waals surface area contributed by atoms with Gasteiger partial charge in [-0.3, -0.25) is 0 Å². The first-order chi connectivity index (χ1) is 8.41. The number of allylic oxidation sites excluding steroid dienone is 1. The fraction of sp³-hybridized carbons (Fsp3) is 0.800. The van der Waals surface area contributed by atoms with Crippen LogP contribution in [-0.2, 0) is 9.47 Å². The van der Waals surface area contributed by atoms with Gasteiger partial charge in [0.2, 0.25) is 0 Å². The molecule has 0 aromatic carbocycles. The van der Waals surface area contributed by atoms with Gasteiger partial charge in [-0.15, -0.1) is 0 Å². The van der Waals surface area contributed by atoms with E-state index in [4.69, 9.17) is 9.47 Å². The first kappa shape index (κ1) is 20.6. The normalized spacial score (nSPS) is 10.8. The summed E-state index contributed by atoms with van der Waals surface area (Å²) in [5.41, 5.74) is 0. The summed E-state index contributed by atoms with van der Waals surface area (Å²) >= 11 is 0. The average molecular weight is 249 g/mol. The van der Waals surface area contributed by atoms with Gasteiger partial charge in [-0.05, 0) is 26.2 Å². The Morgan fingerprint density at radius 1 is 0.889 bits per heavy atom. The van der Waals surface area contributed by atoms with Crippen LogP contribution in [0.25, 0.3) is 0 Å². The Morgan fingerprint density at radius 3 is 2.28 bits per heavy atom. The van der Waals surface area contributed by atoms with Crippen LogP contribution in [0.15, 0.2) is 12.2 Å². The van der Waals surface area contributed by atoms with E-state index < -0.39 is 0 Å². The molecule has 0 aliphatic heterocycles. The minimum absolute atomic E-state index is 0. The Morgan fingerprint density at radius 2 is 1.56 bits per heavy atom. The van der Waals surface area contributed by atoms with Gasteiger partial charge in [-0.1, -0.05) is 51.2 Å². The summed E-state index contributed by atoms with van der Waals surface area (Å²) in [4.78, 5) is 0. The quantitative estimate of drug-likeness (QED) is 0.213. The molecule has 0 amide bonds. The van der Waals surface area contributed by atoms with Gasteiger partial charge in [-0.2, -0.15) is 0 Å². The van der Waals surface area contributed by atoms with E-state index in [1.165, 1.54) is 32.1 Å². The Bertz CT molecular complexity index is 161. The zero-order chi connectivity index (χ0) is 12.6. The van der Waals surface area contributed by atoms with Crippen LogP contribution in [0.4, 0.5) is 0 Å². The van der Waals surface area contributed by atoms with Crippen molar-refractivity contribution in [3.8, 4) is 0 Å². The summed E-state index contributed by atoms with van der Waals surface area (Å²) < 4.78 is 10.7. The number of hydrogen-bond acceptors (Lipinski definition) is 2. The molecule has 0 aromatic heterocycles. The summed E-state index contributed by atoms with van der Waals surface area (Å²) in [6, 6.07) is 0. The van der Waals surface area contributed by atoms with Gasteiger partial charge in [0.15, 0.2) is 0 Å². The van der Waals surface area contributed by atoms with Gasteiger partial charge in [0.25, 0.3) is 0 Å². The fourth-order valence-corrected chi connectivity index (χ4v) is 1.55. The van der Waals surface area contributed by atoms with Crippen LogP contribution in [-0.4, -0.2) is 38.9 Å². The summed E-state index contributed by atoms with van der Waals surface area (Å²) in [5.74, 6) is 0. The number of unbranched alkanes of at least 4 members (excludes halogenated alkanes) is 5. The van der Waals surface area contributed by atoms with Crippen molar-refractivity contribution in [2.45, 2.75) is 58.3 Å². The number of ether oxygens (including phenoxy) is 2. The minimum atomic E-state index is 0. The van der Waals surface area contributed by atoms with E-state index >= 15 is 0 Å². The van der Waals surface area contributed by atoms with Crippen LogP contribution in [0.1, 0.15) is 58.3 Å². The molecule has 3 heteroatoms. The zero-order valence-electron chi connectivity index (χ0n) is 11.5. The predicted octanol–water partition coefficient (Wildman–Crippen LogP) is 3.86. The number of rotatable bonds is 13. The molecule has 0 bridgehead atoms. The second-order valence-corrected chi connectivity index (χ2v) is 4.25. The molecule has 0 heterocycles. The molecule has 0 saturated heterocycles. The van der Waals surface area contributed by atoms with Crippen molar-refractivity contribution in [3.05, 3.63) is 19.1 Å². The molecule has 0 aliphatic carbocycles. The molecule has 2 nitrogen and oxygen atoms in total. The molecule has 0 aliphatic rings. The zero-order valence-corrected chi connectivity index (χ0v) is 11.5. The van der Waals surface area contributed by atoms with E-state index in [9.17, 15) is 0 Å². The van der Waals surface area contributed by atoms with Crippen molar-refractivity contribution >= 4 is 18.9 Å². The third-order valence-corrected chi connectivity index (χ3v) is 2.57. The summed E-state index contributed by atoms with van der Waals surface area (Å²) in [6.07, 6.45) is 13.8. The van der Waals surface area contributed by atoms with Gasteiger partial charge in [0.05, 0.1) is 6.61 Å². The SMILES string of the molecule is [CH2]C/C=C\CCOCOCCCCCCCC.[LiH]. The van der Waals surface area contributed by atoms with Crippen LogP contribution in [0.2, 0.25) is 0 Å². The first-order valence-corrected chi connectivity index (χ1v) is 7.01. The van der Waals surface area contributed by atoms with Gasteiger partial charge in [0, 0.05) is 6.61 Å². The van der Waals surface area contributed by atoms with Crippen molar-refractivity contribution in [3.63, 3.8) is 0 Å². The van der Waals surface area contributed by atoms with Gasteiger partial charge in [0.1, 0.15) is 6.79 Å². The topological polar surface area (TPSA) is 18.5 Å². The van der Waals surface area contributed by atoms with Crippen LogP contribution in [0, 0.1) is 6.92 Å². The summed E-state index contributed by atoms with van der Waals surface area (Å²) in [6.45, 7) is 7.99. The Balaban J connectivity index is 0. The van der Waals surface area contributed by atoms with Gasteiger partial charge < -0.3 is 9.47 Å². The predicted molar refractivity (Wildman–Crippen MR) is 81.0 cm³/mol. The van der Waals surface area contributed by atoms with Gasteiger partial charge >= 0.3 is 18.9 Å². The van der Waals surface area contributed by atoms with Crippen molar-refractivity contribution in [1.82, 2.24) is 0 Å². The molecular weight excluding hydrogens is 219 g/mol. The van der Waals surface area contributed by atoms with Crippen molar-refractivity contribution in [2.75, 3.05) is 20.0 Å². The van der Waals surface area contributed by atoms with E-state index in [0.29, 0.717) is 6.79 Å². The molecule has 0 N–H and O–H groups in total. The second kappa shape index (κ2) is 19.6. The fourth-order valence-electron chi connectivity index (χ4n) is 1.55. The molecular formula is C15H30LiO2. The molecule has 0 saturated carbocycles. The van der Waals surface area contributed by atoms with E-state index in [2.05, 4.69) is 26.0 Å². The third kappa shape index (κ3) is 18.6. The molecule has 0 unspecified atom stereocenters. The van der Waals surface area contributed by atoms with Gasteiger partial charge in [-0.25, -0.2) is 0 Å². The molecule has 0 aromatic rings. The average Bonchev–Trinajstić information content (AvgIpc) is 2.35. The van der Waals surface area contributed by atoms with Crippen LogP contribution in [0.5, 0.6) is 0 Å². The molecule has 0 fully saturated rings. The molecule has 1 radical (unpaired) electrons. The van der Waals surface area contributed by atoms with E-state index in [-0.39, 0.29) is 18.9 Å². The van der Waals surface area contributed by atoms with Crippen molar-refractivity contribution in [2.24, 2.45) is 0 Å². The first-order valence-electron chi connectivity index (χ1n) is 7.01. The van der Waals surface area contributed by atoms with Crippen LogP contribution >= 0.6 is 0 Å². The Labute approximate surface area is 126 Å². The van der Waals surface area contributed by atoms with Crippen molar-refractivity contribution < 1.29 is 9.47 Å². The second-order valence-electron chi connectivity index (χ2n) is 4.25. The maximum atomic E-state index is 5.39. The van der Waals surface area contributed by atoms with E-state index in [0.717, 1.165) is 32.5 Å². The Hall–Kier alpha value is 0.257. The van der Waals surface area contributed by atoms with E-state index in [1.54, 1.807) is 0 Å². The molecule has 0 atom stereocenters. The van der Waals surface area contributed by atoms with Crippen LogP contribution < -0.4 is 0 Å². The molecule has 103 valence electrons. The maximum absolute atomic E-state index is 5.39. The summed E-state index contributed by atoms with van der Waals surface area (Å²) in [5, 5.41) is 0. The monoisotopic (exact) mass is 249 g/mol. The molecule has 0 spiro atoms. The Kier molecular flexibility index (Phi) is 22.4. The van der Waals surface area contributed by atoms with E-state index in [1.807, 2.05) is 0 Å². The number of hydrogen-bond donors (Lipinski definition) is 0. The van der Waals surface area contributed by atoms with Crippen molar-refractivity contribution in [1.29, 1.82) is 0 Å². The summed E-state index contributed by atoms with van der Waals surface area (Å²) in [7, 11) is 0. The van der Waals surface area contributed by atoms with Crippen LogP contribution in [0.3, 0.4) is 0 Å². The third-order valence-electron chi connectivity index (χ3n) is 2.57. The standard InChI is InChI=1S/C15H29O2.Li.H/c1-3-5-7-9-10-12-14-17-15-16-13-11-8-6-4-2;;/h6,8H,2-5,7,9-15H2,1H3;;/b8-6-;;. The molecule has 0 rings (SSSR count). The molecule has 18 heavy (non-hydrogen) atoms.